The number of carbonyl (C=O) groups excluding carboxylic acids is 1. The van der Waals surface area contributed by atoms with Gasteiger partial charge in [-0.1, -0.05) is 12.8 Å². The molecule has 1 saturated carbocycles. The van der Waals surface area contributed by atoms with Gasteiger partial charge in [0.2, 0.25) is 0 Å². The van der Waals surface area contributed by atoms with E-state index in [2.05, 4.69) is 15.3 Å². The van der Waals surface area contributed by atoms with Gasteiger partial charge in [-0.25, -0.2) is 4.98 Å². The number of nitrogens with one attached hydrogen (secondary N) is 2. The molecule has 0 radical (unpaired) electrons. The van der Waals surface area contributed by atoms with Crippen LogP contribution in [0.4, 0.5) is 0 Å². The highest BCUT2D eigenvalue weighted by Crippen LogP contribution is 2.17. The molecule has 4 N–H and O–H groups in total. The monoisotopic (exact) mass is 208 g/mol. The Kier molecular flexibility index (Phi) is 3.01. The van der Waals surface area contributed by atoms with Gasteiger partial charge in [0.15, 0.2) is 0 Å². The first-order valence-corrected chi connectivity index (χ1v) is 5.32. The predicted molar refractivity (Wildman–Crippen MR) is 56.3 cm³/mol. The fourth-order valence-electron chi connectivity index (χ4n) is 1.96. The molecule has 5 nitrogen and oxygen atoms in total. The van der Waals surface area contributed by atoms with E-state index in [-0.39, 0.29) is 18.0 Å². The molecule has 82 valence electrons. The number of amides is 1. The highest BCUT2D eigenvalue weighted by molar-refractivity contribution is 5.92. The molecule has 1 aliphatic rings. The molecule has 0 saturated heterocycles. The van der Waals surface area contributed by atoms with E-state index >= 15 is 0 Å². The zero-order chi connectivity index (χ0) is 10.7. The van der Waals surface area contributed by atoms with Crippen molar-refractivity contribution in [2.24, 2.45) is 5.73 Å². The highest BCUT2D eigenvalue weighted by atomic mass is 16.2. The largest absolute Gasteiger partial charge is 0.346 e. The predicted octanol–water partition coefficient (Wildman–Crippen LogP) is 0.409. The standard InChI is InChI=1S/C10H16N4O/c11-7-3-1-2-4-8(7)14-10(15)9-5-12-6-13-9/h5-8H,1-4,11H2,(H,12,13)(H,14,15)/t7-,8-/m1/s1. The second-order valence-corrected chi connectivity index (χ2v) is 3.99. The number of nitrogens with zero attached hydrogens (tertiary/aromatic N) is 1. The average Bonchev–Trinajstić information content (AvgIpc) is 2.74. The minimum atomic E-state index is -0.116. The zero-order valence-corrected chi connectivity index (χ0v) is 8.57. The van der Waals surface area contributed by atoms with Crippen LogP contribution in [0.25, 0.3) is 0 Å². The van der Waals surface area contributed by atoms with Crippen LogP contribution in [0.2, 0.25) is 0 Å². The summed E-state index contributed by atoms with van der Waals surface area (Å²) in [5, 5.41) is 2.94. The minimum absolute atomic E-state index is 0.0885. The van der Waals surface area contributed by atoms with Crippen LogP contribution in [-0.2, 0) is 0 Å². The summed E-state index contributed by atoms with van der Waals surface area (Å²) in [6, 6.07) is 0.195. The number of hydrogen-bond acceptors (Lipinski definition) is 3. The van der Waals surface area contributed by atoms with Crippen LogP contribution in [-0.4, -0.2) is 28.0 Å². The van der Waals surface area contributed by atoms with E-state index in [1.165, 1.54) is 12.5 Å². The van der Waals surface area contributed by atoms with Crippen molar-refractivity contribution in [2.75, 3.05) is 0 Å². The van der Waals surface area contributed by atoms with Crippen molar-refractivity contribution in [1.82, 2.24) is 15.3 Å². The molecule has 0 bridgehead atoms. The van der Waals surface area contributed by atoms with Crippen LogP contribution in [0, 0.1) is 0 Å². The lowest BCUT2D eigenvalue weighted by Gasteiger charge is -2.29. The summed E-state index contributed by atoms with van der Waals surface area (Å²) in [5.41, 5.74) is 6.43. The van der Waals surface area contributed by atoms with Gasteiger partial charge in [-0.3, -0.25) is 4.79 Å². The minimum Gasteiger partial charge on any atom is -0.346 e. The van der Waals surface area contributed by atoms with Crippen molar-refractivity contribution < 1.29 is 4.79 Å². The maximum Gasteiger partial charge on any atom is 0.269 e. The van der Waals surface area contributed by atoms with Gasteiger partial charge < -0.3 is 16.0 Å². The van der Waals surface area contributed by atoms with Crippen molar-refractivity contribution in [2.45, 2.75) is 37.8 Å². The van der Waals surface area contributed by atoms with Crippen molar-refractivity contribution >= 4 is 5.91 Å². The lowest BCUT2D eigenvalue weighted by molar-refractivity contribution is 0.0916. The molecule has 0 aromatic carbocycles. The van der Waals surface area contributed by atoms with Crippen LogP contribution in [0.15, 0.2) is 12.5 Å². The van der Waals surface area contributed by atoms with Gasteiger partial charge in [-0.05, 0) is 12.8 Å². The number of hydrogen-bond donors (Lipinski definition) is 3. The lowest BCUT2D eigenvalue weighted by atomic mass is 9.91. The van der Waals surface area contributed by atoms with Gasteiger partial charge in [0.25, 0.3) is 5.91 Å². The van der Waals surface area contributed by atoms with Crippen molar-refractivity contribution in [3.05, 3.63) is 18.2 Å². The quantitative estimate of drug-likeness (QED) is 0.658. The Morgan fingerprint density at radius 1 is 1.53 bits per heavy atom. The zero-order valence-electron chi connectivity index (χ0n) is 8.57. The van der Waals surface area contributed by atoms with E-state index in [1.807, 2.05) is 0 Å². The SMILES string of the molecule is N[C@@H]1CCCC[C@H]1NC(=O)c1cnc[nH]1. The molecule has 0 aliphatic heterocycles. The highest BCUT2D eigenvalue weighted by Gasteiger charge is 2.23. The third kappa shape index (κ3) is 2.36. The van der Waals surface area contributed by atoms with Gasteiger partial charge in [-0.2, -0.15) is 0 Å². The molecule has 1 fully saturated rings. The summed E-state index contributed by atoms with van der Waals surface area (Å²) in [4.78, 5) is 18.3. The number of aromatic nitrogens is 2. The Morgan fingerprint density at radius 2 is 2.33 bits per heavy atom. The molecule has 5 heteroatoms. The van der Waals surface area contributed by atoms with Crippen LogP contribution >= 0.6 is 0 Å². The Hall–Kier alpha value is -1.36. The average molecular weight is 208 g/mol. The Balaban J connectivity index is 1.93. The molecule has 15 heavy (non-hydrogen) atoms. The number of rotatable bonds is 2. The number of nitrogens with two attached hydrogens (primary N) is 1. The summed E-state index contributed by atoms with van der Waals surface area (Å²) in [7, 11) is 0. The third-order valence-corrected chi connectivity index (χ3v) is 2.88. The number of aromatic amines is 1. The number of carbonyl (C=O) groups is 1. The van der Waals surface area contributed by atoms with E-state index in [0.717, 1.165) is 25.7 Å². The maximum atomic E-state index is 11.7. The van der Waals surface area contributed by atoms with Crippen LogP contribution in [0.5, 0.6) is 0 Å². The summed E-state index contributed by atoms with van der Waals surface area (Å²) in [6.07, 6.45) is 7.29. The Bertz CT molecular complexity index is 322. The van der Waals surface area contributed by atoms with E-state index in [0.29, 0.717) is 5.69 Å². The molecule has 1 aromatic heterocycles. The van der Waals surface area contributed by atoms with Gasteiger partial charge in [0.1, 0.15) is 5.69 Å². The molecule has 0 spiro atoms. The van der Waals surface area contributed by atoms with E-state index in [4.69, 9.17) is 5.73 Å². The third-order valence-electron chi connectivity index (χ3n) is 2.88. The van der Waals surface area contributed by atoms with Crippen molar-refractivity contribution in [3.8, 4) is 0 Å². The first-order valence-electron chi connectivity index (χ1n) is 5.32. The normalized spacial score (nSPS) is 26.2. The summed E-state index contributed by atoms with van der Waals surface area (Å²) >= 11 is 0. The summed E-state index contributed by atoms with van der Waals surface area (Å²) < 4.78 is 0. The van der Waals surface area contributed by atoms with Gasteiger partial charge in [0, 0.05) is 12.1 Å². The maximum absolute atomic E-state index is 11.7. The fourth-order valence-corrected chi connectivity index (χ4v) is 1.96. The molecular weight excluding hydrogens is 192 g/mol. The molecule has 1 heterocycles. The smallest absolute Gasteiger partial charge is 0.269 e. The lowest BCUT2D eigenvalue weighted by Crippen LogP contribution is -2.49. The van der Waals surface area contributed by atoms with Gasteiger partial charge in [-0.15, -0.1) is 0 Å². The molecule has 2 rings (SSSR count). The number of H-pyrrole nitrogens is 1. The van der Waals surface area contributed by atoms with Crippen LogP contribution < -0.4 is 11.1 Å². The van der Waals surface area contributed by atoms with Gasteiger partial charge in [0.05, 0.1) is 12.5 Å². The van der Waals surface area contributed by atoms with E-state index in [9.17, 15) is 4.79 Å². The Labute approximate surface area is 88.5 Å². The van der Waals surface area contributed by atoms with Crippen LogP contribution in [0.1, 0.15) is 36.2 Å². The Morgan fingerprint density at radius 3 is 3.00 bits per heavy atom. The first kappa shape index (κ1) is 10.2. The van der Waals surface area contributed by atoms with Crippen molar-refractivity contribution in [3.63, 3.8) is 0 Å². The molecule has 1 aromatic rings. The molecular formula is C10H16N4O. The molecule has 0 unspecified atom stereocenters. The summed E-state index contributed by atoms with van der Waals surface area (Å²) in [6.45, 7) is 0. The second kappa shape index (κ2) is 4.44. The fraction of sp³-hybridized carbons (Fsp3) is 0.600. The van der Waals surface area contributed by atoms with E-state index < -0.39 is 0 Å². The first-order chi connectivity index (χ1) is 7.27. The molecule has 2 atom stereocenters. The molecule has 1 amide bonds. The topological polar surface area (TPSA) is 83.8 Å². The van der Waals surface area contributed by atoms with E-state index in [1.54, 1.807) is 0 Å². The van der Waals surface area contributed by atoms with Crippen molar-refractivity contribution in [1.29, 1.82) is 0 Å². The summed E-state index contributed by atoms with van der Waals surface area (Å²) in [5.74, 6) is -0.116. The second-order valence-electron chi connectivity index (χ2n) is 3.99. The van der Waals surface area contributed by atoms with Gasteiger partial charge >= 0.3 is 0 Å². The van der Waals surface area contributed by atoms with Crippen LogP contribution in [0.3, 0.4) is 0 Å². The number of imidazole rings is 1. The molecule has 1 aliphatic carbocycles.